The van der Waals surface area contributed by atoms with Crippen LogP contribution in [0.2, 0.25) is 5.02 Å². The fourth-order valence-electron chi connectivity index (χ4n) is 3.41. The fraction of sp³-hybridized carbons (Fsp3) is 0.444. The lowest BCUT2D eigenvalue weighted by molar-refractivity contribution is 0.0661. The van der Waals surface area contributed by atoms with E-state index in [0.29, 0.717) is 13.2 Å². The van der Waals surface area contributed by atoms with Crippen LogP contribution >= 0.6 is 11.6 Å². The average molecular weight is 428 g/mol. The van der Waals surface area contributed by atoms with Gasteiger partial charge in [-0.1, -0.05) is 17.7 Å². The number of halogens is 2. The van der Waals surface area contributed by atoms with Crippen molar-refractivity contribution in [2.45, 2.75) is 30.4 Å². The summed E-state index contributed by atoms with van der Waals surface area (Å²) in [5.41, 5.74) is 1.07. The van der Waals surface area contributed by atoms with Crippen molar-refractivity contribution in [3.8, 4) is 5.88 Å². The molecule has 4 heterocycles. The van der Waals surface area contributed by atoms with Crippen LogP contribution in [-0.4, -0.2) is 50.0 Å². The van der Waals surface area contributed by atoms with Crippen LogP contribution in [0, 0.1) is 5.95 Å². The summed E-state index contributed by atoms with van der Waals surface area (Å²) in [5.74, 6) is -1.32. The van der Waals surface area contributed by atoms with Crippen LogP contribution in [0.15, 0.2) is 29.4 Å². The lowest BCUT2D eigenvalue weighted by Crippen LogP contribution is -2.36. The zero-order chi connectivity index (χ0) is 19.7. The Morgan fingerprint density at radius 3 is 3.00 bits per heavy atom. The van der Waals surface area contributed by atoms with E-state index in [4.69, 9.17) is 21.1 Å². The van der Waals surface area contributed by atoms with Gasteiger partial charge in [-0.15, -0.1) is 0 Å². The Balaban J connectivity index is 1.75. The highest BCUT2D eigenvalue weighted by molar-refractivity contribution is 7.91. The summed E-state index contributed by atoms with van der Waals surface area (Å²) in [6.07, 6.45) is 4.98. The quantitative estimate of drug-likeness (QED) is 0.678. The summed E-state index contributed by atoms with van der Waals surface area (Å²) in [7, 11) is -3.76. The minimum absolute atomic E-state index is 0.0837. The maximum Gasteiger partial charge on any atom is 0.241 e. The number of hydrogen-bond acceptors (Lipinski definition) is 7. The molecule has 2 aliphatic heterocycles. The van der Waals surface area contributed by atoms with Gasteiger partial charge in [0, 0.05) is 32.1 Å². The molecular weight excluding hydrogens is 409 g/mol. The molecule has 0 saturated carbocycles. The maximum atomic E-state index is 14.3. The molecule has 0 spiro atoms. The second-order valence-electron chi connectivity index (χ2n) is 6.75. The molecule has 0 aliphatic carbocycles. The molecule has 1 unspecified atom stereocenters. The molecule has 7 nitrogen and oxygen atoms in total. The van der Waals surface area contributed by atoms with E-state index >= 15 is 0 Å². The molecule has 2 aromatic rings. The second-order valence-corrected chi connectivity index (χ2v) is 9.17. The van der Waals surface area contributed by atoms with Gasteiger partial charge in [-0.25, -0.2) is 8.42 Å². The minimum atomic E-state index is -3.76. The van der Waals surface area contributed by atoms with E-state index in [1.165, 1.54) is 0 Å². The van der Waals surface area contributed by atoms with Gasteiger partial charge in [-0.05, 0) is 24.5 Å². The topological polar surface area (TPSA) is 81.6 Å². The monoisotopic (exact) mass is 427 g/mol. The van der Waals surface area contributed by atoms with Gasteiger partial charge in [-0.2, -0.15) is 9.37 Å². The Hall–Kier alpha value is -1.97. The van der Waals surface area contributed by atoms with Crippen molar-refractivity contribution in [1.29, 1.82) is 0 Å². The zero-order valence-electron chi connectivity index (χ0n) is 15.0. The maximum absolute atomic E-state index is 14.3. The highest BCUT2D eigenvalue weighted by atomic mass is 35.5. The van der Waals surface area contributed by atoms with Gasteiger partial charge in [0.05, 0.1) is 11.9 Å². The molecule has 2 aromatic heterocycles. The van der Waals surface area contributed by atoms with E-state index in [1.807, 2.05) is 6.07 Å². The highest BCUT2D eigenvalue weighted by Gasteiger charge is 2.37. The Morgan fingerprint density at radius 1 is 1.43 bits per heavy atom. The molecule has 10 heteroatoms. The molecular formula is C18H19ClFN3O4S. The SMILES string of the molecule is O=S1(=O)CCN(Cc2cccnc2)c2c(OCC3CCCO3)nc(F)c(Cl)c21. The first-order valence-electron chi connectivity index (χ1n) is 8.96. The van der Waals surface area contributed by atoms with Crippen LogP contribution < -0.4 is 9.64 Å². The second kappa shape index (κ2) is 7.81. The summed E-state index contributed by atoms with van der Waals surface area (Å²) < 4.78 is 50.9. The Labute approximate surface area is 167 Å². The van der Waals surface area contributed by atoms with Gasteiger partial charge < -0.3 is 14.4 Å². The lowest BCUT2D eigenvalue weighted by Gasteiger charge is -2.32. The molecule has 1 atom stereocenters. The Kier molecular flexibility index (Phi) is 5.39. The summed E-state index contributed by atoms with van der Waals surface area (Å²) >= 11 is 6.03. The Morgan fingerprint density at radius 2 is 2.29 bits per heavy atom. The number of pyridine rings is 2. The van der Waals surface area contributed by atoms with Gasteiger partial charge in [0.2, 0.25) is 11.8 Å². The first-order valence-corrected chi connectivity index (χ1v) is 11.0. The van der Waals surface area contributed by atoms with E-state index in [9.17, 15) is 12.8 Å². The van der Waals surface area contributed by atoms with Crippen LogP contribution in [0.25, 0.3) is 0 Å². The molecule has 0 bridgehead atoms. The third-order valence-electron chi connectivity index (χ3n) is 4.78. The summed E-state index contributed by atoms with van der Waals surface area (Å²) in [6.45, 7) is 1.40. The molecule has 28 heavy (non-hydrogen) atoms. The Bertz CT molecular complexity index is 969. The molecule has 1 fully saturated rings. The van der Waals surface area contributed by atoms with Crippen LogP contribution in [0.1, 0.15) is 18.4 Å². The number of hydrogen-bond donors (Lipinski definition) is 0. The number of rotatable bonds is 5. The summed E-state index contributed by atoms with van der Waals surface area (Å²) in [6, 6.07) is 3.67. The number of sulfone groups is 1. The lowest BCUT2D eigenvalue weighted by atomic mass is 10.2. The molecule has 1 saturated heterocycles. The number of fused-ring (bicyclic) bond motifs is 1. The van der Waals surface area contributed by atoms with Crippen molar-refractivity contribution in [3.63, 3.8) is 0 Å². The number of ether oxygens (including phenoxy) is 2. The van der Waals surface area contributed by atoms with Crippen LogP contribution in [0.5, 0.6) is 5.88 Å². The van der Waals surface area contributed by atoms with E-state index in [2.05, 4.69) is 9.97 Å². The van der Waals surface area contributed by atoms with Crippen molar-refractivity contribution in [2.75, 3.05) is 30.4 Å². The van der Waals surface area contributed by atoms with Crippen LogP contribution in [0.4, 0.5) is 10.1 Å². The number of nitrogens with zero attached hydrogens (tertiary/aromatic N) is 3. The molecule has 0 amide bonds. The zero-order valence-corrected chi connectivity index (χ0v) is 16.5. The van der Waals surface area contributed by atoms with Crippen molar-refractivity contribution >= 4 is 27.1 Å². The van der Waals surface area contributed by atoms with Crippen LogP contribution in [0.3, 0.4) is 0 Å². The summed E-state index contributed by atoms with van der Waals surface area (Å²) in [5, 5.41) is -0.504. The van der Waals surface area contributed by atoms with Gasteiger partial charge >= 0.3 is 0 Å². The third kappa shape index (κ3) is 3.78. The van der Waals surface area contributed by atoms with Gasteiger partial charge in [-0.3, -0.25) is 4.98 Å². The largest absolute Gasteiger partial charge is 0.473 e. The molecule has 150 valence electrons. The van der Waals surface area contributed by atoms with E-state index in [0.717, 1.165) is 18.4 Å². The minimum Gasteiger partial charge on any atom is -0.473 e. The van der Waals surface area contributed by atoms with Gasteiger partial charge in [0.1, 0.15) is 22.2 Å². The van der Waals surface area contributed by atoms with Crippen molar-refractivity contribution in [2.24, 2.45) is 0 Å². The fourth-order valence-corrected chi connectivity index (χ4v) is 5.43. The molecule has 0 radical (unpaired) electrons. The molecule has 0 aromatic carbocycles. The van der Waals surface area contributed by atoms with Gasteiger partial charge in [0.15, 0.2) is 9.84 Å². The van der Waals surface area contributed by atoms with Crippen molar-refractivity contribution in [3.05, 3.63) is 41.1 Å². The first-order chi connectivity index (χ1) is 13.5. The van der Waals surface area contributed by atoms with Gasteiger partial charge in [0.25, 0.3) is 0 Å². The third-order valence-corrected chi connectivity index (χ3v) is 6.98. The number of anilines is 1. The average Bonchev–Trinajstić information content (AvgIpc) is 3.19. The molecule has 2 aliphatic rings. The molecule has 0 N–H and O–H groups in total. The van der Waals surface area contributed by atoms with E-state index in [-0.39, 0.29) is 41.5 Å². The normalized spacial score (nSPS) is 20.8. The van der Waals surface area contributed by atoms with Crippen LogP contribution in [-0.2, 0) is 21.1 Å². The van der Waals surface area contributed by atoms with E-state index in [1.54, 1.807) is 23.4 Å². The number of aromatic nitrogens is 2. The predicted octanol–water partition coefficient (Wildman–Crippen LogP) is 2.62. The standard InChI is InChI=1S/C18H19ClFN3O4S/c19-14-16-15(18(22-17(14)20)27-11-13-4-2-7-26-13)23(6-8-28(16,24)25)10-12-3-1-5-21-9-12/h1,3,5,9,13H,2,4,6-8,10-11H2. The van der Waals surface area contributed by atoms with Crippen molar-refractivity contribution in [1.82, 2.24) is 9.97 Å². The highest BCUT2D eigenvalue weighted by Crippen LogP contribution is 2.43. The van der Waals surface area contributed by atoms with Crippen molar-refractivity contribution < 1.29 is 22.3 Å². The first kappa shape index (κ1) is 19.4. The summed E-state index contributed by atoms with van der Waals surface area (Å²) in [4.78, 5) is 9.41. The van der Waals surface area contributed by atoms with E-state index < -0.39 is 20.8 Å². The smallest absolute Gasteiger partial charge is 0.241 e. The molecule has 4 rings (SSSR count). The predicted molar refractivity (Wildman–Crippen MR) is 101 cm³/mol.